The quantitative estimate of drug-likeness (QED) is 0.850. The Bertz CT molecular complexity index is 684. The van der Waals surface area contributed by atoms with E-state index < -0.39 is 28.3 Å². The van der Waals surface area contributed by atoms with E-state index in [1.54, 1.807) is 0 Å². The summed E-state index contributed by atoms with van der Waals surface area (Å²) in [6.45, 7) is 0. The zero-order valence-electron chi connectivity index (χ0n) is 10.8. The van der Waals surface area contributed by atoms with Crippen LogP contribution in [-0.4, -0.2) is 15.7 Å². The van der Waals surface area contributed by atoms with E-state index in [9.17, 15) is 22.2 Å². The minimum Gasteiger partial charge on any atom is -0.298 e. The second kappa shape index (κ2) is 6.67. The van der Waals surface area contributed by atoms with Crippen molar-refractivity contribution >= 4 is 16.6 Å². The van der Waals surface area contributed by atoms with Gasteiger partial charge in [-0.25, -0.2) is 13.2 Å². The van der Waals surface area contributed by atoms with E-state index >= 15 is 0 Å². The van der Waals surface area contributed by atoms with Crippen LogP contribution in [-0.2, 0) is 22.0 Å². The normalized spacial score (nSPS) is 12.1. The Labute approximate surface area is 122 Å². The van der Waals surface area contributed by atoms with Gasteiger partial charge in [-0.2, -0.15) is 0 Å². The maximum Gasteiger partial charge on any atom is 0.150 e. The summed E-state index contributed by atoms with van der Waals surface area (Å²) < 4.78 is 50.8. The van der Waals surface area contributed by atoms with Crippen LogP contribution in [0, 0.1) is 17.5 Å². The van der Waals surface area contributed by atoms with Gasteiger partial charge in [0.15, 0.2) is 0 Å². The maximum absolute atomic E-state index is 13.4. The average molecular weight is 312 g/mol. The van der Waals surface area contributed by atoms with Crippen molar-refractivity contribution in [3.05, 3.63) is 65.5 Å². The van der Waals surface area contributed by atoms with Crippen molar-refractivity contribution in [1.82, 2.24) is 0 Å². The van der Waals surface area contributed by atoms with Crippen molar-refractivity contribution in [3.8, 4) is 0 Å². The molecule has 2 rings (SSSR count). The second-order valence-electron chi connectivity index (χ2n) is 4.41. The van der Waals surface area contributed by atoms with Crippen molar-refractivity contribution < 1.29 is 22.2 Å². The summed E-state index contributed by atoms with van der Waals surface area (Å²) in [7, 11) is -1.88. The zero-order valence-corrected chi connectivity index (χ0v) is 11.6. The molecule has 0 spiro atoms. The molecular weight excluding hydrogens is 301 g/mol. The molecule has 6 heteroatoms. The van der Waals surface area contributed by atoms with Gasteiger partial charge in [-0.15, -0.1) is 0 Å². The van der Waals surface area contributed by atoms with Crippen LogP contribution < -0.4 is 0 Å². The molecule has 0 heterocycles. The lowest BCUT2D eigenvalue weighted by atomic mass is 10.1. The molecule has 1 atom stereocenters. The van der Waals surface area contributed by atoms with Crippen LogP contribution >= 0.6 is 0 Å². The van der Waals surface area contributed by atoms with Gasteiger partial charge >= 0.3 is 0 Å². The first-order valence-electron chi connectivity index (χ1n) is 6.05. The SMILES string of the molecule is O=C(Cc1ccc(F)cc1)CS(=O)c1ccc(F)cc1F. The van der Waals surface area contributed by atoms with Gasteiger partial charge in [0.25, 0.3) is 0 Å². The fourth-order valence-corrected chi connectivity index (χ4v) is 2.81. The highest BCUT2D eigenvalue weighted by molar-refractivity contribution is 7.85. The number of carbonyl (C=O) groups is 1. The molecule has 2 nitrogen and oxygen atoms in total. The predicted molar refractivity (Wildman–Crippen MR) is 72.7 cm³/mol. The van der Waals surface area contributed by atoms with Crippen molar-refractivity contribution in [3.63, 3.8) is 0 Å². The molecule has 0 aromatic heterocycles. The summed E-state index contributed by atoms with van der Waals surface area (Å²) in [6, 6.07) is 8.02. The highest BCUT2D eigenvalue weighted by atomic mass is 32.2. The van der Waals surface area contributed by atoms with Gasteiger partial charge < -0.3 is 0 Å². The van der Waals surface area contributed by atoms with E-state index in [4.69, 9.17) is 0 Å². The lowest BCUT2D eigenvalue weighted by molar-refractivity contribution is -0.116. The Hall–Kier alpha value is -1.95. The number of hydrogen-bond acceptors (Lipinski definition) is 2. The third-order valence-corrected chi connectivity index (χ3v) is 4.15. The number of carbonyl (C=O) groups excluding carboxylic acids is 1. The summed E-state index contributed by atoms with van der Waals surface area (Å²) in [6.07, 6.45) is -0.0190. The summed E-state index contributed by atoms with van der Waals surface area (Å²) in [5.74, 6) is -2.87. The highest BCUT2D eigenvalue weighted by Gasteiger charge is 2.15. The van der Waals surface area contributed by atoms with Crippen LogP contribution in [0.4, 0.5) is 13.2 Å². The Morgan fingerprint density at radius 1 is 0.952 bits per heavy atom. The Balaban J connectivity index is 2.02. The summed E-state index contributed by atoms with van der Waals surface area (Å²) in [5, 5.41) is 0. The number of halogens is 3. The van der Waals surface area contributed by atoms with Crippen molar-refractivity contribution in [1.29, 1.82) is 0 Å². The second-order valence-corrected chi connectivity index (χ2v) is 5.83. The first kappa shape index (κ1) is 15.4. The first-order chi connectivity index (χ1) is 9.95. The van der Waals surface area contributed by atoms with Gasteiger partial charge in [0.05, 0.1) is 21.4 Å². The smallest absolute Gasteiger partial charge is 0.150 e. The number of Topliss-reactive ketones (excluding diaryl/α,β-unsaturated/α-hetero) is 1. The van der Waals surface area contributed by atoms with Gasteiger partial charge in [0, 0.05) is 12.5 Å². The third-order valence-electron chi connectivity index (χ3n) is 2.75. The van der Waals surface area contributed by atoms with Crippen LogP contribution in [0.25, 0.3) is 0 Å². The molecule has 110 valence electrons. The molecule has 0 aliphatic carbocycles. The molecule has 0 aliphatic heterocycles. The van der Waals surface area contributed by atoms with E-state index in [0.29, 0.717) is 11.6 Å². The topological polar surface area (TPSA) is 34.1 Å². The summed E-state index contributed by atoms with van der Waals surface area (Å²) in [5.41, 5.74) is 0.581. The first-order valence-corrected chi connectivity index (χ1v) is 7.37. The fourth-order valence-electron chi connectivity index (χ4n) is 1.76. The van der Waals surface area contributed by atoms with Crippen LogP contribution in [0.15, 0.2) is 47.4 Å². The van der Waals surface area contributed by atoms with E-state index in [-0.39, 0.29) is 22.9 Å². The molecule has 0 saturated carbocycles. The van der Waals surface area contributed by atoms with Crippen LogP contribution in [0.2, 0.25) is 0 Å². The zero-order chi connectivity index (χ0) is 15.4. The van der Waals surface area contributed by atoms with Gasteiger partial charge in [-0.1, -0.05) is 12.1 Å². The van der Waals surface area contributed by atoms with Gasteiger partial charge in [0.2, 0.25) is 0 Å². The van der Waals surface area contributed by atoms with Crippen LogP contribution in [0.3, 0.4) is 0 Å². The van der Waals surface area contributed by atoms with Gasteiger partial charge in [0.1, 0.15) is 23.2 Å². The van der Waals surface area contributed by atoms with Crippen molar-refractivity contribution in [2.24, 2.45) is 0 Å². The lowest BCUT2D eigenvalue weighted by Crippen LogP contribution is -2.14. The largest absolute Gasteiger partial charge is 0.298 e. The predicted octanol–water partition coefficient (Wildman–Crippen LogP) is 3.02. The maximum atomic E-state index is 13.4. The standard InChI is InChI=1S/C15H11F3O2S/c16-11-3-1-10(2-4-11)7-13(19)9-21(20)15-6-5-12(17)8-14(15)18/h1-6,8H,7,9H2. The molecule has 0 fully saturated rings. The van der Waals surface area contributed by atoms with Crippen molar-refractivity contribution in [2.45, 2.75) is 11.3 Å². The number of rotatable bonds is 5. The molecule has 2 aromatic carbocycles. The molecule has 0 bridgehead atoms. The lowest BCUT2D eigenvalue weighted by Gasteiger charge is -2.04. The molecule has 0 N–H and O–H groups in total. The Morgan fingerprint density at radius 2 is 1.57 bits per heavy atom. The minimum atomic E-state index is -1.88. The average Bonchev–Trinajstić information content (AvgIpc) is 2.41. The molecule has 0 saturated heterocycles. The Kier molecular flexibility index (Phi) is 4.90. The molecule has 21 heavy (non-hydrogen) atoms. The van der Waals surface area contributed by atoms with Crippen LogP contribution in [0.1, 0.15) is 5.56 Å². The third kappa shape index (κ3) is 4.26. The molecule has 1 unspecified atom stereocenters. The fraction of sp³-hybridized carbons (Fsp3) is 0.133. The monoisotopic (exact) mass is 312 g/mol. The van der Waals surface area contributed by atoms with E-state index in [1.165, 1.54) is 24.3 Å². The van der Waals surface area contributed by atoms with E-state index in [2.05, 4.69) is 0 Å². The molecule has 0 aliphatic rings. The minimum absolute atomic E-state index is 0.0190. The highest BCUT2D eigenvalue weighted by Crippen LogP contribution is 2.14. The van der Waals surface area contributed by atoms with E-state index in [0.717, 1.165) is 12.1 Å². The molecule has 2 aromatic rings. The summed E-state index contributed by atoms with van der Waals surface area (Å²) in [4.78, 5) is 11.6. The van der Waals surface area contributed by atoms with Gasteiger partial charge in [-0.3, -0.25) is 9.00 Å². The number of hydrogen-bond donors (Lipinski definition) is 0. The van der Waals surface area contributed by atoms with Crippen molar-refractivity contribution in [2.75, 3.05) is 5.75 Å². The van der Waals surface area contributed by atoms with Crippen LogP contribution in [0.5, 0.6) is 0 Å². The molecule has 0 amide bonds. The molecular formula is C15H11F3O2S. The number of benzene rings is 2. The number of ketones is 1. The summed E-state index contributed by atoms with van der Waals surface area (Å²) >= 11 is 0. The molecule has 0 radical (unpaired) electrons. The van der Waals surface area contributed by atoms with Gasteiger partial charge in [-0.05, 0) is 29.8 Å². The Morgan fingerprint density at radius 3 is 2.19 bits per heavy atom. The van der Waals surface area contributed by atoms with E-state index in [1.807, 2.05) is 0 Å².